The van der Waals surface area contributed by atoms with Crippen LogP contribution in [0.2, 0.25) is 5.02 Å². The fraction of sp³-hybridized carbons (Fsp3) is 0.111. The highest BCUT2D eigenvalue weighted by Gasteiger charge is 2.09. The number of carbonyl (C=O) groups excluding carboxylic acids is 1. The number of phenolic OH excluding ortho intramolecular Hbond substituents is 1. The van der Waals surface area contributed by atoms with Crippen molar-refractivity contribution in [1.29, 1.82) is 0 Å². The molecule has 1 aromatic heterocycles. The van der Waals surface area contributed by atoms with Gasteiger partial charge < -0.3 is 10.4 Å². The van der Waals surface area contributed by atoms with Crippen molar-refractivity contribution in [3.8, 4) is 5.75 Å². The van der Waals surface area contributed by atoms with Gasteiger partial charge in [0.2, 0.25) is 17.0 Å². The highest BCUT2D eigenvalue weighted by Crippen LogP contribution is 2.21. The van der Waals surface area contributed by atoms with E-state index in [-0.39, 0.29) is 17.4 Å². The summed E-state index contributed by atoms with van der Waals surface area (Å²) in [6.07, 6.45) is 1.46. The molecule has 0 saturated heterocycles. The molecule has 3 aromatic rings. The summed E-state index contributed by atoms with van der Waals surface area (Å²) >= 11 is 7.13. The maximum atomic E-state index is 12.1. The number of para-hydroxylation sites is 1. The maximum Gasteiger partial charge on any atom is 0.240 e. The lowest BCUT2D eigenvalue weighted by Gasteiger charge is -2.07. The molecule has 3 rings (SSSR count). The van der Waals surface area contributed by atoms with E-state index >= 15 is 0 Å². The Balaban J connectivity index is 1.50. The van der Waals surface area contributed by atoms with E-state index < -0.39 is 0 Å². The average Bonchev–Trinajstić information content (AvgIpc) is 3.12. The van der Waals surface area contributed by atoms with E-state index in [0.29, 0.717) is 27.4 Å². The van der Waals surface area contributed by atoms with Crippen molar-refractivity contribution < 1.29 is 9.90 Å². The Morgan fingerprint density at radius 3 is 3.00 bits per heavy atom. The lowest BCUT2D eigenvalue weighted by molar-refractivity contribution is -0.113. The normalized spacial score (nSPS) is 10.9. The van der Waals surface area contributed by atoms with Crippen LogP contribution in [0.3, 0.4) is 0 Å². The number of nitrogens with one attached hydrogen (secondary N) is 3. The lowest BCUT2D eigenvalue weighted by Crippen LogP contribution is -2.14. The van der Waals surface area contributed by atoms with Gasteiger partial charge in [-0.05, 0) is 36.8 Å². The second-order valence-corrected chi connectivity index (χ2v) is 7.07. The summed E-state index contributed by atoms with van der Waals surface area (Å²) in [6.45, 7) is 1.89. The number of amides is 1. The van der Waals surface area contributed by atoms with Crippen LogP contribution >= 0.6 is 23.4 Å². The van der Waals surface area contributed by atoms with Crippen LogP contribution in [0.1, 0.15) is 11.1 Å². The van der Waals surface area contributed by atoms with E-state index in [1.807, 2.05) is 13.0 Å². The number of aromatic nitrogens is 3. The van der Waals surface area contributed by atoms with Gasteiger partial charge in [-0.2, -0.15) is 10.1 Å². The molecule has 2 aromatic carbocycles. The van der Waals surface area contributed by atoms with Crippen molar-refractivity contribution in [3.63, 3.8) is 0 Å². The number of carbonyl (C=O) groups is 1. The first kappa shape index (κ1) is 19.7. The Kier molecular flexibility index (Phi) is 6.51. The number of hydrogen-bond acceptors (Lipinski definition) is 7. The number of H-pyrrole nitrogens is 1. The maximum absolute atomic E-state index is 12.1. The molecular weight excluding hydrogens is 400 g/mol. The number of phenols is 1. The molecule has 4 N–H and O–H groups in total. The fourth-order valence-electron chi connectivity index (χ4n) is 2.17. The number of hydrogen-bond donors (Lipinski definition) is 4. The smallest absolute Gasteiger partial charge is 0.240 e. The van der Waals surface area contributed by atoms with Gasteiger partial charge in [-0.15, -0.1) is 5.10 Å². The third-order valence-electron chi connectivity index (χ3n) is 3.58. The second kappa shape index (κ2) is 9.25. The van der Waals surface area contributed by atoms with E-state index in [9.17, 15) is 9.90 Å². The molecule has 0 fully saturated rings. The minimum Gasteiger partial charge on any atom is -0.507 e. The second-order valence-electron chi connectivity index (χ2n) is 5.69. The summed E-state index contributed by atoms with van der Waals surface area (Å²) in [4.78, 5) is 16.3. The van der Waals surface area contributed by atoms with Crippen molar-refractivity contribution >= 4 is 47.1 Å². The zero-order valence-electron chi connectivity index (χ0n) is 14.8. The molecule has 0 aliphatic carbocycles. The van der Waals surface area contributed by atoms with E-state index in [2.05, 4.69) is 31.0 Å². The van der Waals surface area contributed by atoms with Gasteiger partial charge in [0.05, 0.1) is 12.0 Å². The van der Waals surface area contributed by atoms with Crippen LogP contribution in [0.5, 0.6) is 5.75 Å². The molecule has 0 aliphatic heterocycles. The van der Waals surface area contributed by atoms with Gasteiger partial charge >= 0.3 is 0 Å². The van der Waals surface area contributed by atoms with Gasteiger partial charge in [0, 0.05) is 16.3 Å². The molecule has 1 heterocycles. The van der Waals surface area contributed by atoms with Gasteiger partial charge in [0.1, 0.15) is 5.75 Å². The largest absolute Gasteiger partial charge is 0.507 e. The summed E-state index contributed by atoms with van der Waals surface area (Å²) in [5.74, 6) is 0.403. The average molecular weight is 417 g/mol. The summed E-state index contributed by atoms with van der Waals surface area (Å²) in [6, 6.07) is 12.1. The first-order valence-corrected chi connectivity index (χ1v) is 9.56. The number of thioether (sulfide) groups is 1. The summed E-state index contributed by atoms with van der Waals surface area (Å²) < 4.78 is 0. The van der Waals surface area contributed by atoms with Crippen LogP contribution in [0.25, 0.3) is 0 Å². The van der Waals surface area contributed by atoms with Crippen LogP contribution < -0.4 is 10.7 Å². The Morgan fingerprint density at radius 1 is 1.36 bits per heavy atom. The number of aromatic amines is 1. The lowest BCUT2D eigenvalue weighted by atomic mass is 10.2. The van der Waals surface area contributed by atoms with Gasteiger partial charge in [0.25, 0.3) is 0 Å². The molecule has 0 bridgehead atoms. The minimum absolute atomic E-state index is 0.128. The monoisotopic (exact) mass is 416 g/mol. The number of halogens is 1. The first-order chi connectivity index (χ1) is 13.5. The van der Waals surface area contributed by atoms with E-state index in [4.69, 9.17) is 11.6 Å². The zero-order chi connectivity index (χ0) is 19.9. The van der Waals surface area contributed by atoms with Gasteiger partial charge in [-0.3, -0.25) is 4.79 Å². The van der Waals surface area contributed by atoms with Gasteiger partial charge in [-0.1, -0.05) is 41.6 Å². The topological polar surface area (TPSA) is 115 Å². The van der Waals surface area contributed by atoms with Crippen molar-refractivity contribution in [2.24, 2.45) is 5.10 Å². The Labute approximate surface area is 170 Å². The van der Waals surface area contributed by atoms with Crippen molar-refractivity contribution in [1.82, 2.24) is 15.2 Å². The molecule has 144 valence electrons. The number of aryl methyl sites for hydroxylation is 1. The molecule has 0 unspecified atom stereocenters. The molecule has 0 aliphatic rings. The number of nitrogens with zero attached hydrogens (tertiary/aromatic N) is 3. The van der Waals surface area contributed by atoms with Gasteiger partial charge in [-0.25, -0.2) is 10.5 Å². The molecule has 0 radical (unpaired) electrons. The standard InChI is InChI=1S/C18H17ClN6O2S/c1-11-6-7-13(19)8-14(11)21-16(27)10-28-18-22-17(24-25-18)23-20-9-12-4-2-3-5-15(12)26/h2-9,26H,10H2,1H3,(H,21,27)(H2,22,23,24,25)/b20-9+. The predicted molar refractivity (Wildman–Crippen MR) is 111 cm³/mol. The highest BCUT2D eigenvalue weighted by molar-refractivity contribution is 7.99. The summed E-state index contributed by atoms with van der Waals surface area (Å²) in [7, 11) is 0. The summed E-state index contributed by atoms with van der Waals surface area (Å²) in [5, 5.41) is 24.1. The van der Waals surface area contributed by atoms with E-state index in [1.54, 1.807) is 36.4 Å². The fourth-order valence-corrected chi connectivity index (χ4v) is 2.94. The number of benzene rings is 2. The Hall–Kier alpha value is -3.04. The molecule has 0 saturated carbocycles. The molecule has 28 heavy (non-hydrogen) atoms. The van der Waals surface area contributed by atoms with Crippen LogP contribution in [-0.4, -0.2) is 38.2 Å². The molecule has 8 nitrogen and oxygen atoms in total. The third-order valence-corrected chi connectivity index (χ3v) is 4.66. The minimum atomic E-state index is -0.188. The van der Waals surface area contributed by atoms with Crippen LogP contribution in [0, 0.1) is 6.92 Å². The Morgan fingerprint density at radius 2 is 2.18 bits per heavy atom. The molecular formula is C18H17ClN6O2S. The van der Waals surface area contributed by atoms with E-state index in [1.165, 1.54) is 18.0 Å². The van der Waals surface area contributed by atoms with Crippen LogP contribution in [-0.2, 0) is 4.79 Å². The van der Waals surface area contributed by atoms with Crippen molar-refractivity contribution in [3.05, 3.63) is 58.6 Å². The van der Waals surface area contributed by atoms with Crippen molar-refractivity contribution in [2.45, 2.75) is 12.1 Å². The quantitative estimate of drug-likeness (QED) is 0.265. The Bertz CT molecular complexity index is 1010. The summed E-state index contributed by atoms with van der Waals surface area (Å²) in [5.41, 5.74) is 4.85. The molecule has 0 atom stereocenters. The van der Waals surface area contributed by atoms with E-state index in [0.717, 1.165) is 5.56 Å². The van der Waals surface area contributed by atoms with Crippen molar-refractivity contribution in [2.75, 3.05) is 16.5 Å². The third kappa shape index (κ3) is 5.48. The number of aromatic hydroxyl groups is 1. The highest BCUT2D eigenvalue weighted by atomic mass is 35.5. The van der Waals surface area contributed by atoms with Gasteiger partial charge in [0.15, 0.2) is 0 Å². The molecule has 0 spiro atoms. The predicted octanol–water partition coefficient (Wildman–Crippen LogP) is 3.65. The van der Waals surface area contributed by atoms with Crippen LogP contribution in [0.4, 0.5) is 11.6 Å². The zero-order valence-corrected chi connectivity index (χ0v) is 16.4. The number of hydrazone groups is 1. The van der Waals surface area contributed by atoms with Crippen LogP contribution in [0.15, 0.2) is 52.7 Å². The number of anilines is 2. The molecule has 10 heteroatoms. The first-order valence-electron chi connectivity index (χ1n) is 8.19. The SMILES string of the molecule is Cc1ccc(Cl)cc1NC(=O)CSc1n[nH]c(N/N=C/c2ccccc2O)n1. The molecule has 1 amide bonds. The number of rotatable bonds is 7.